The number of carbonyl (C=O) groups excluding carboxylic acids is 1. The summed E-state index contributed by atoms with van der Waals surface area (Å²) in [5, 5.41) is 2.87. The molecule has 3 rings (SSSR count). The highest BCUT2D eigenvalue weighted by atomic mass is 16.1. The van der Waals surface area contributed by atoms with Crippen LogP contribution in [-0.2, 0) is 0 Å². The van der Waals surface area contributed by atoms with Crippen LogP contribution in [0.4, 0.5) is 11.5 Å². The monoisotopic (exact) mass is 296 g/mol. The largest absolute Gasteiger partial charge is 0.354 e. The van der Waals surface area contributed by atoms with Crippen LogP contribution >= 0.6 is 0 Å². The third-order valence-electron chi connectivity index (χ3n) is 3.83. The van der Waals surface area contributed by atoms with E-state index in [-0.39, 0.29) is 5.91 Å². The molecule has 1 aliphatic heterocycles. The number of aromatic nitrogens is 1. The molecule has 1 fully saturated rings. The molecule has 2 aromatic rings. The van der Waals surface area contributed by atoms with Crippen LogP contribution in [0.1, 0.15) is 10.5 Å². The summed E-state index contributed by atoms with van der Waals surface area (Å²) in [5.74, 6) is 0.691. The van der Waals surface area contributed by atoms with Crippen molar-refractivity contribution in [2.45, 2.75) is 0 Å². The highest BCUT2D eigenvalue weighted by Gasteiger charge is 2.16. The maximum absolute atomic E-state index is 12.3. The van der Waals surface area contributed by atoms with E-state index < -0.39 is 0 Å². The number of anilines is 2. The summed E-state index contributed by atoms with van der Waals surface area (Å²) in [5.41, 5.74) is 1.22. The van der Waals surface area contributed by atoms with E-state index in [0.29, 0.717) is 5.69 Å². The molecule has 0 aliphatic carbocycles. The highest BCUT2D eigenvalue weighted by molar-refractivity contribution is 6.03. The average Bonchev–Trinajstić information content (AvgIpc) is 2.56. The molecule has 0 atom stereocenters. The topological polar surface area (TPSA) is 48.5 Å². The number of benzene rings is 1. The highest BCUT2D eigenvalue weighted by Crippen LogP contribution is 2.15. The van der Waals surface area contributed by atoms with E-state index in [4.69, 9.17) is 0 Å². The van der Waals surface area contributed by atoms with Gasteiger partial charge in [0.2, 0.25) is 0 Å². The predicted octanol–water partition coefficient (Wildman–Crippen LogP) is 2.09. The molecule has 1 aromatic carbocycles. The number of likely N-dealkylation sites (N-methyl/N-ethyl adjacent to an activating group) is 1. The Morgan fingerprint density at radius 1 is 1.00 bits per heavy atom. The number of hydrogen-bond acceptors (Lipinski definition) is 4. The molecule has 2 heterocycles. The predicted molar refractivity (Wildman–Crippen MR) is 88.3 cm³/mol. The Balaban J connectivity index is 1.72. The van der Waals surface area contributed by atoms with E-state index in [9.17, 15) is 4.79 Å². The maximum Gasteiger partial charge on any atom is 0.274 e. The standard InChI is InChI=1S/C17H20N4O/c1-20-10-12-21(13-11-20)16-9-5-8-15(19-16)17(22)18-14-6-3-2-4-7-14/h2-9H,10-13H2,1H3,(H,18,22). The Morgan fingerprint density at radius 2 is 1.73 bits per heavy atom. The van der Waals surface area contributed by atoms with Crippen molar-refractivity contribution in [3.63, 3.8) is 0 Å². The molecule has 0 spiro atoms. The second kappa shape index (κ2) is 6.58. The summed E-state index contributed by atoms with van der Waals surface area (Å²) in [4.78, 5) is 21.3. The van der Waals surface area contributed by atoms with E-state index in [2.05, 4.69) is 27.1 Å². The number of para-hydroxylation sites is 1. The molecule has 22 heavy (non-hydrogen) atoms. The number of rotatable bonds is 3. The Kier molecular flexibility index (Phi) is 4.34. The lowest BCUT2D eigenvalue weighted by molar-refractivity contribution is 0.102. The van der Waals surface area contributed by atoms with Gasteiger partial charge in [-0.25, -0.2) is 4.98 Å². The van der Waals surface area contributed by atoms with E-state index in [1.807, 2.05) is 42.5 Å². The van der Waals surface area contributed by atoms with Crippen LogP contribution in [0.25, 0.3) is 0 Å². The van der Waals surface area contributed by atoms with Gasteiger partial charge in [0, 0.05) is 31.9 Å². The second-order valence-corrected chi connectivity index (χ2v) is 5.49. The molecule has 5 nitrogen and oxygen atoms in total. The number of hydrogen-bond donors (Lipinski definition) is 1. The van der Waals surface area contributed by atoms with Crippen LogP contribution in [0.5, 0.6) is 0 Å². The van der Waals surface area contributed by atoms with Crippen LogP contribution in [0.3, 0.4) is 0 Å². The average molecular weight is 296 g/mol. The Hall–Kier alpha value is -2.40. The van der Waals surface area contributed by atoms with Crippen molar-refractivity contribution in [1.29, 1.82) is 0 Å². The third kappa shape index (κ3) is 3.43. The fourth-order valence-electron chi connectivity index (χ4n) is 2.48. The minimum Gasteiger partial charge on any atom is -0.354 e. The lowest BCUT2D eigenvalue weighted by atomic mass is 10.2. The van der Waals surface area contributed by atoms with E-state index in [1.165, 1.54) is 0 Å². The summed E-state index contributed by atoms with van der Waals surface area (Å²) < 4.78 is 0. The number of nitrogens with one attached hydrogen (secondary N) is 1. The number of amides is 1. The zero-order valence-corrected chi connectivity index (χ0v) is 12.7. The van der Waals surface area contributed by atoms with Crippen molar-refractivity contribution >= 4 is 17.4 Å². The van der Waals surface area contributed by atoms with Gasteiger partial charge < -0.3 is 15.1 Å². The lowest BCUT2D eigenvalue weighted by Crippen LogP contribution is -2.44. The van der Waals surface area contributed by atoms with E-state index in [0.717, 1.165) is 37.7 Å². The van der Waals surface area contributed by atoms with Crippen molar-refractivity contribution in [1.82, 2.24) is 9.88 Å². The normalized spacial score (nSPS) is 15.6. The van der Waals surface area contributed by atoms with Crippen molar-refractivity contribution < 1.29 is 4.79 Å². The Labute approximate surface area is 130 Å². The van der Waals surface area contributed by atoms with Gasteiger partial charge in [0.1, 0.15) is 11.5 Å². The molecule has 114 valence electrons. The minimum absolute atomic E-state index is 0.179. The first kappa shape index (κ1) is 14.5. The molecule has 0 unspecified atom stereocenters. The van der Waals surface area contributed by atoms with Crippen LogP contribution < -0.4 is 10.2 Å². The van der Waals surface area contributed by atoms with Gasteiger partial charge in [0.15, 0.2) is 0 Å². The number of carbonyl (C=O) groups is 1. The summed E-state index contributed by atoms with van der Waals surface area (Å²) in [7, 11) is 2.12. The van der Waals surface area contributed by atoms with Crippen molar-refractivity contribution in [2.75, 3.05) is 43.4 Å². The fourth-order valence-corrected chi connectivity index (χ4v) is 2.48. The first-order valence-electron chi connectivity index (χ1n) is 7.49. The smallest absolute Gasteiger partial charge is 0.274 e. The zero-order valence-electron chi connectivity index (χ0n) is 12.7. The summed E-state index contributed by atoms with van der Waals surface area (Å²) in [6.45, 7) is 3.91. The number of piperazine rings is 1. The van der Waals surface area contributed by atoms with E-state index in [1.54, 1.807) is 6.07 Å². The van der Waals surface area contributed by atoms with Gasteiger partial charge in [0.05, 0.1) is 0 Å². The van der Waals surface area contributed by atoms with Gasteiger partial charge in [0.25, 0.3) is 5.91 Å². The van der Waals surface area contributed by atoms with Crippen molar-refractivity contribution in [3.05, 3.63) is 54.2 Å². The molecule has 1 aliphatic rings. The quantitative estimate of drug-likeness (QED) is 0.942. The molecule has 1 saturated heterocycles. The SMILES string of the molecule is CN1CCN(c2cccc(C(=O)Nc3ccccc3)n2)CC1. The minimum atomic E-state index is -0.179. The molecule has 1 N–H and O–H groups in total. The van der Waals surface area contributed by atoms with Crippen LogP contribution in [0.15, 0.2) is 48.5 Å². The summed E-state index contributed by atoms with van der Waals surface area (Å²) in [6, 6.07) is 15.0. The molecule has 5 heteroatoms. The van der Waals surface area contributed by atoms with Crippen LogP contribution in [-0.4, -0.2) is 49.0 Å². The van der Waals surface area contributed by atoms with Gasteiger partial charge in [-0.05, 0) is 31.3 Å². The Bertz CT molecular complexity index is 636. The van der Waals surface area contributed by atoms with Crippen LogP contribution in [0.2, 0.25) is 0 Å². The third-order valence-corrected chi connectivity index (χ3v) is 3.83. The first-order valence-corrected chi connectivity index (χ1v) is 7.49. The fraction of sp³-hybridized carbons (Fsp3) is 0.294. The maximum atomic E-state index is 12.3. The van der Waals surface area contributed by atoms with E-state index >= 15 is 0 Å². The molecular weight excluding hydrogens is 276 g/mol. The van der Waals surface area contributed by atoms with Crippen LogP contribution in [0, 0.1) is 0 Å². The van der Waals surface area contributed by atoms with Crippen molar-refractivity contribution in [3.8, 4) is 0 Å². The van der Waals surface area contributed by atoms with Gasteiger partial charge >= 0.3 is 0 Å². The van der Waals surface area contributed by atoms with Gasteiger partial charge in [-0.1, -0.05) is 24.3 Å². The second-order valence-electron chi connectivity index (χ2n) is 5.49. The molecule has 1 amide bonds. The molecule has 1 aromatic heterocycles. The zero-order chi connectivity index (χ0) is 15.4. The molecule has 0 bridgehead atoms. The Morgan fingerprint density at radius 3 is 2.45 bits per heavy atom. The summed E-state index contributed by atoms with van der Waals surface area (Å²) >= 11 is 0. The molecule has 0 saturated carbocycles. The van der Waals surface area contributed by atoms with Gasteiger partial charge in [-0.3, -0.25) is 4.79 Å². The number of pyridine rings is 1. The van der Waals surface area contributed by atoms with Crippen molar-refractivity contribution in [2.24, 2.45) is 0 Å². The van der Waals surface area contributed by atoms with Gasteiger partial charge in [-0.2, -0.15) is 0 Å². The first-order chi connectivity index (χ1) is 10.7. The lowest BCUT2D eigenvalue weighted by Gasteiger charge is -2.33. The number of nitrogens with zero attached hydrogens (tertiary/aromatic N) is 3. The molecular formula is C17H20N4O. The summed E-state index contributed by atoms with van der Waals surface area (Å²) in [6.07, 6.45) is 0. The molecule has 0 radical (unpaired) electrons. The van der Waals surface area contributed by atoms with Gasteiger partial charge in [-0.15, -0.1) is 0 Å².